The highest BCUT2D eigenvalue weighted by Crippen LogP contribution is 2.20. The Morgan fingerprint density at radius 2 is 2.00 bits per heavy atom. The second-order valence-electron chi connectivity index (χ2n) is 6.05. The van der Waals surface area contributed by atoms with Crippen molar-refractivity contribution in [2.75, 3.05) is 13.7 Å². The number of nitrogens with one attached hydrogen (secondary N) is 1. The maximum Gasteiger partial charge on any atom is 0.407 e. The molecule has 1 atom stereocenters. The zero-order chi connectivity index (χ0) is 17.6. The van der Waals surface area contributed by atoms with Crippen LogP contribution in [-0.4, -0.2) is 37.2 Å². The molecule has 1 rings (SSSR count). The summed E-state index contributed by atoms with van der Waals surface area (Å²) >= 11 is 3.16. The van der Waals surface area contributed by atoms with Gasteiger partial charge in [0.1, 0.15) is 11.4 Å². The Labute approximate surface area is 143 Å². The molecule has 1 unspecified atom stereocenters. The number of Topliss-reactive ketones (excluding diaryl/α,β-unsaturated/α-hetero) is 1. The number of carbonyl (C=O) groups is 2. The lowest BCUT2D eigenvalue weighted by molar-refractivity contribution is 0.0464. The van der Waals surface area contributed by atoms with Crippen molar-refractivity contribution < 1.29 is 23.5 Å². The van der Waals surface area contributed by atoms with Crippen LogP contribution in [-0.2, 0) is 9.47 Å². The van der Waals surface area contributed by atoms with Gasteiger partial charge >= 0.3 is 6.09 Å². The third-order valence-corrected chi connectivity index (χ3v) is 3.41. The Bertz CT molecular complexity index is 572. The van der Waals surface area contributed by atoms with Crippen LogP contribution < -0.4 is 5.32 Å². The number of halogens is 2. The number of methoxy groups -OCH3 is 1. The molecule has 5 nitrogen and oxygen atoms in total. The number of hydrogen-bond acceptors (Lipinski definition) is 4. The molecule has 1 amide bonds. The van der Waals surface area contributed by atoms with E-state index in [4.69, 9.17) is 9.47 Å². The molecule has 0 aromatic heterocycles. The molecule has 0 heterocycles. The fourth-order valence-electron chi connectivity index (χ4n) is 1.88. The van der Waals surface area contributed by atoms with Crippen molar-refractivity contribution in [2.45, 2.75) is 38.8 Å². The number of benzene rings is 1. The van der Waals surface area contributed by atoms with Gasteiger partial charge in [0.15, 0.2) is 5.78 Å². The quantitative estimate of drug-likeness (QED) is 0.753. The summed E-state index contributed by atoms with van der Waals surface area (Å²) in [6.45, 7) is 5.40. The predicted molar refractivity (Wildman–Crippen MR) is 88.1 cm³/mol. The summed E-state index contributed by atoms with van der Waals surface area (Å²) in [6, 6.07) is 3.29. The Morgan fingerprint density at radius 3 is 2.52 bits per heavy atom. The molecule has 0 bridgehead atoms. The predicted octanol–water partition coefficient (Wildman–Crippen LogP) is 3.70. The Balaban J connectivity index is 2.75. The van der Waals surface area contributed by atoms with Crippen LogP contribution in [0, 0.1) is 5.82 Å². The van der Waals surface area contributed by atoms with Crippen molar-refractivity contribution >= 4 is 27.8 Å². The van der Waals surface area contributed by atoms with Gasteiger partial charge in [-0.15, -0.1) is 0 Å². The molecule has 0 spiro atoms. The minimum Gasteiger partial charge on any atom is -0.444 e. The zero-order valence-corrected chi connectivity index (χ0v) is 15.2. The first-order valence-electron chi connectivity index (χ1n) is 7.09. The monoisotopic (exact) mass is 389 g/mol. The largest absolute Gasteiger partial charge is 0.444 e. The summed E-state index contributed by atoms with van der Waals surface area (Å²) in [5.41, 5.74) is -0.287. The van der Waals surface area contributed by atoms with Crippen molar-refractivity contribution in [1.82, 2.24) is 5.32 Å². The molecule has 128 valence electrons. The van der Waals surface area contributed by atoms with Crippen LogP contribution in [0.5, 0.6) is 0 Å². The first-order chi connectivity index (χ1) is 10.6. The second kappa shape index (κ2) is 8.40. The molecule has 1 N–H and O–H groups in total. The molecule has 0 aliphatic carbocycles. The van der Waals surface area contributed by atoms with E-state index >= 15 is 0 Å². The van der Waals surface area contributed by atoms with Gasteiger partial charge in [0.05, 0.1) is 12.6 Å². The average molecular weight is 390 g/mol. The summed E-state index contributed by atoms with van der Waals surface area (Å²) in [5, 5.41) is 2.61. The molecule has 0 fully saturated rings. The summed E-state index contributed by atoms with van der Waals surface area (Å²) in [7, 11) is 1.47. The van der Waals surface area contributed by atoms with E-state index in [1.807, 2.05) is 0 Å². The average Bonchev–Trinajstić information content (AvgIpc) is 2.35. The molecule has 0 radical (unpaired) electrons. The van der Waals surface area contributed by atoms with Gasteiger partial charge in [0, 0.05) is 23.6 Å². The maximum atomic E-state index is 13.1. The van der Waals surface area contributed by atoms with Crippen LogP contribution >= 0.6 is 15.9 Å². The van der Waals surface area contributed by atoms with E-state index in [1.165, 1.54) is 25.3 Å². The van der Waals surface area contributed by atoms with E-state index in [-0.39, 0.29) is 18.8 Å². The number of hydrogen-bond donors (Lipinski definition) is 1. The lowest BCUT2D eigenvalue weighted by atomic mass is 10.0. The molecule has 0 aliphatic rings. The van der Waals surface area contributed by atoms with E-state index in [2.05, 4.69) is 21.2 Å². The minimum atomic E-state index is -0.633. The molecule has 7 heteroatoms. The van der Waals surface area contributed by atoms with Crippen molar-refractivity contribution in [1.29, 1.82) is 0 Å². The van der Waals surface area contributed by atoms with Gasteiger partial charge < -0.3 is 14.8 Å². The lowest BCUT2D eigenvalue weighted by Gasteiger charge is -2.23. The topological polar surface area (TPSA) is 64.6 Å². The summed E-state index contributed by atoms with van der Waals surface area (Å²) in [6.07, 6.45) is -0.609. The van der Waals surface area contributed by atoms with Crippen LogP contribution in [0.4, 0.5) is 9.18 Å². The number of rotatable bonds is 6. The van der Waals surface area contributed by atoms with Crippen molar-refractivity contribution in [3.05, 3.63) is 34.1 Å². The smallest absolute Gasteiger partial charge is 0.407 e. The molecule has 0 saturated heterocycles. The van der Waals surface area contributed by atoms with Gasteiger partial charge in [-0.2, -0.15) is 0 Å². The summed E-state index contributed by atoms with van der Waals surface area (Å²) < 4.78 is 23.7. The number of amides is 1. The summed E-state index contributed by atoms with van der Waals surface area (Å²) in [4.78, 5) is 24.1. The van der Waals surface area contributed by atoms with Gasteiger partial charge in [-0.3, -0.25) is 4.79 Å². The van der Waals surface area contributed by atoms with Crippen LogP contribution in [0.2, 0.25) is 0 Å². The highest BCUT2D eigenvalue weighted by Gasteiger charge is 2.22. The molecule has 23 heavy (non-hydrogen) atoms. The Hall–Kier alpha value is -1.47. The van der Waals surface area contributed by atoms with E-state index in [0.717, 1.165) is 0 Å². The normalized spacial score (nSPS) is 12.6. The number of ether oxygens (including phenoxy) is 2. The maximum absolute atomic E-state index is 13.1. The summed E-state index contributed by atoms with van der Waals surface area (Å²) in [5.74, 6) is -0.677. The van der Waals surface area contributed by atoms with Crippen LogP contribution in [0.15, 0.2) is 22.7 Å². The van der Waals surface area contributed by atoms with Crippen molar-refractivity contribution in [3.8, 4) is 0 Å². The molecular formula is C16H21BrFNO4. The van der Waals surface area contributed by atoms with Crippen LogP contribution in [0.3, 0.4) is 0 Å². The van der Waals surface area contributed by atoms with E-state index in [9.17, 15) is 14.0 Å². The van der Waals surface area contributed by atoms with E-state index in [1.54, 1.807) is 20.8 Å². The fraction of sp³-hybridized carbons (Fsp3) is 0.500. The highest BCUT2D eigenvalue weighted by atomic mass is 79.9. The van der Waals surface area contributed by atoms with Crippen LogP contribution in [0.25, 0.3) is 0 Å². The van der Waals surface area contributed by atoms with Crippen molar-refractivity contribution in [2.24, 2.45) is 0 Å². The minimum absolute atomic E-state index is 0.0112. The number of ketones is 1. The van der Waals surface area contributed by atoms with E-state index < -0.39 is 23.6 Å². The molecule has 1 aromatic rings. The SMILES string of the molecule is COCC(CC(=O)c1ccc(F)cc1Br)NC(=O)OC(C)(C)C. The van der Waals surface area contributed by atoms with Gasteiger partial charge in [0.2, 0.25) is 0 Å². The van der Waals surface area contributed by atoms with Gasteiger partial charge in [0.25, 0.3) is 0 Å². The fourth-order valence-corrected chi connectivity index (χ4v) is 2.45. The first-order valence-corrected chi connectivity index (χ1v) is 7.88. The number of alkyl carbamates (subject to hydrolysis) is 1. The highest BCUT2D eigenvalue weighted by molar-refractivity contribution is 9.10. The Morgan fingerprint density at radius 1 is 1.35 bits per heavy atom. The molecular weight excluding hydrogens is 369 g/mol. The third kappa shape index (κ3) is 7.09. The standard InChI is InChI=1S/C16H21BrFNO4/c1-16(2,3)23-15(21)19-11(9-22-4)8-14(20)12-6-5-10(18)7-13(12)17/h5-7,11H,8-9H2,1-4H3,(H,19,21). The van der Waals surface area contributed by atoms with Gasteiger partial charge in [-0.1, -0.05) is 0 Å². The molecule has 0 aliphatic heterocycles. The molecule has 0 saturated carbocycles. The van der Waals surface area contributed by atoms with Crippen LogP contribution in [0.1, 0.15) is 37.6 Å². The van der Waals surface area contributed by atoms with Crippen molar-refractivity contribution in [3.63, 3.8) is 0 Å². The Kier molecular flexibility index (Phi) is 7.15. The van der Waals surface area contributed by atoms with E-state index in [0.29, 0.717) is 10.0 Å². The first kappa shape index (κ1) is 19.6. The lowest BCUT2D eigenvalue weighted by Crippen LogP contribution is -2.42. The zero-order valence-electron chi connectivity index (χ0n) is 13.6. The van der Waals surface area contributed by atoms with Gasteiger partial charge in [-0.05, 0) is 54.9 Å². The van der Waals surface area contributed by atoms with Gasteiger partial charge in [-0.25, -0.2) is 9.18 Å². The second-order valence-corrected chi connectivity index (χ2v) is 6.90. The molecule has 1 aromatic carbocycles. The third-order valence-electron chi connectivity index (χ3n) is 2.75. The number of carbonyl (C=O) groups excluding carboxylic acids is 2.